The van der Waals surface area contributed by atoms with Crippen molar-refractivity contribution in [3.8, 4) is 5.75 Å². The average Bonchev–Trinajstić information content (AvgIpc) is 3.26. The number of ether oxygens (including phenoxy) is 1. The lowest BCUT2D eigenvalue weighted by molar-refractivity contribution is 0.107. The van der Waals surface area contributed by atoms with Gasteiger partial charge in [-0.2, -0.15) is 0 Å². The number of rotatable bonds is 7. The molecule has 0 bridgehead atoms. The Labute approximate surface area is 174 Å². The molecule has 29 heavy (non-hydrogen) atoms. The van der Waals surface area contributed by atoms with Crippen LogP contribution in [0.5, 0.6) is 5.75 Å². The highest BCUT2D eigenvalue weighted by Crippen LogP contribution is 2.34. The molecule has 7 nitrogen and oxygen atoms in total. The van der Waals surface area contributed by atoms with Gasteiger partial charge in [0.05, 0.1) is 18.7 Å². The normalized spacial score (nSPS) is 20.6. The Kier molecular flexibility index (Phi) is 6.77. The van der Waals surface area contributed by atoms with Gasteiger partial charge < -0.3 is 9.64 Å². The molecule has 1 aliphatic heterocycles. The summed E-state index contributed by atoms with van der Waals surface area (Å²) in [7, 11) is 0. The fraction of sp³-hybridized carbons (Fsp3) is 0.682. The summed E-state index contributed by atoms with van der Waals surface area (Å²) in [5.41, 5.74) is 1.24. The molecule has 0 amide bonds. The largest absolute Gasteiger partial charge is 0.494 e. The van der Waals surface area contributed by atoms with Crippen LogP contribution in [0.25, 0.3) is 0 Å². The van der Waals surface area contributed by atoms with Crippen molar-refractivity contribution in [1.29, 1.82) is 0 Å². The Morgan fingerprint density at radius 3 is 2.38 bits per heavy atom. The molecule has 158 valence electrons. The molecule has 2 heterocycles. The van der Waals surface area contributed by atoms with Crippen molar-refractivity contribution in [2.45, 2.75) is 58.0 Å². The summed E-state index contributed by atoms with van der Waals surface area (Å²) in [5.74, 6) is 1.91. The number of aromatic nitrogens is 4. The third-order valence-corrected chi connectivity index (χ3v) is 6.41. The lowest BCUT2D eigenvalue weighted by Crippen LogP contribution is -2.48. The zero-order chi connectivity index (χ0) is 20.1. The molecule has 1 saturated heterocycles. The molecule has 2 fully saturated rings. The van der Waals surface area contributed by atoms with E-state index >= 15 is 0 Å². The molecule has 1 aromatic carbocycles. The molecule has 1 aliphatic carbocycles. The van der Waals surface area contributed by atoms with Crippen LogP contribution in [0.15, 0.2) is 24.3 Å². The van der Waals surface area contributed by atoms with E-state index in [1.54, 1.807) is 0 Å². The Hall–Kier alpha value is -1.99. The van der Waals surface area contributed by atoms with Crippen LogP contribution in [0.3, 0.4) is 0 Å². The second-order valence-corrected chi connectivity index (χ2v) is 8.15. The van der Waals surface area contributed by atoms with Gasteiger partial charge >= 0.3 is 0 Å². The third-order valence-electron chi connectivity index (χ3n) is 6.41. The molecule has 4 rings (SSSR count). The van der Waals surface area contributed by atoms with E-state index in [0.29, 0.717) is 12.6 Å². The van der Waals surface area contributed by atoms with Crippen LogP contribution in [-0.2, 0) is 0 Å². The molecule has 2 aliphatic rings. The molecule has 0 spiro atoms. The Bertz CT molecular complexity index is 747. The predicted molar refractivity (Wildman–Crippen MR) is 113 cm³/mol. The molecule has 0 N–H and O–H groups in total. The zero-order valence-corrected chi connectivity index (χ0v) is 17.8. The average molecular weight is 399 g/mol. The lowest BCUT2D eigenvalue weighted by atomic mass is 9.95. The summed E-state index contributed by atoms with van der Waals surface area (Å²) in [5, 5.41) is 13.1. The Morgan fingerprint density at radius 1 is 1.00 bits per heavy atom. The number of piperazine rings is 1. The minimum absolute atomic E-state index is 0.0848. The van der Waals surface area contributed by atoms with E-state index in [1.807, 2.05) is 6.92 Å². The SMILES string of the molecule is CCOc1ccc([C@@H](c2nnnn2C2CCCCC2)N2CCN(CC)CC2)cc1. The van der Waals surface area contributed by atoms with E-state index in [9.17, 15) is 0 Å². The van der Waals surface area contributed by atoms with Crippen molar-refractivity contribution in [2.75, 3.05) is 39.3 Å². The third kappa shape index (κ3) is 4.61. The van der Waals surface area contributed by atoms with Crippen molar-refractivity contribution in [3.63, 3.8) is 0 Å². The summed E-state index contributed by atoms with van der Waals surface area (Å²) in [6.45, 7) is 10.3. The van der Waals surface area contributed by atoms with Crippen molar-refractivity contribution in [2.24, 2.45) is 0 Å². The van der Waals surface area contributed by atoms with Gasteiger partial charge in [-0.05, 0) is 54.4 Å². The summed E-state index contributed by atoms with van der Waals surface area (Å²) >= 11 is 0. The van der Waals surface area contributed by atoms with Gasteiger partial charge in [0.2, 0.25) is 0 Å². The first-order valence-electron chi connectivity index (χ1n) is 11.3. The van der Waals surface area contributed by atoms with Gasteiger partial charge in [0.25, 0.3) is 0 Å². The molecular weight excluding hydrogens is 364 g/mol. The van der Waals surface area contributed by atoms with Crippen LogP contribution < -0.4 is 4.74 Å². The molecule has 2 aromatic rings. The van der Waals surface area contributed by atoms with Crippen LogP contribution in [0.4, 0.5) is 0 Å². The minimum Gasteiger partial charge on any atom is -0.494 e. The van der Waals surface area contributed by atoms with Crippen molar-refractivity contribution < 1.29 is 4.74 Å². The maximum absolute atomic E-state index is 5.66. The van der Waals surface area contributed by atoms with Crippen LogP contribution in [0.1, 0.15) is 69.4 Å². The number of nitrogens with zero attached hydrogens (tertiary/aromatic N) is 6. The Balaban J connectivity index is 1.64. The molecular formula is C22H34N6O. The molecule has 0 unspecified atom stereocenters. The van der Waals surface area contributed by atoms with Gasteiger partial charge in [-0.25, -0.2) is 4.68 Å². The highest BCUT2D eigenvalue weighted by molar-refractivity contribution is 5.32. The van der Waals surface area contributed by atoms with E-state index in [4.69, 9.17) is 4.74 Å². The highest BCUT2D eigenvalue weighted by atomic mass is 16.5. The maximum Gasteiger partial charge on any atom is 0.173 e. The molecule has 1 aromatic heterocycles. The Morgan fingerprint density at radius 2 is 1.72 bits per heavy atom. The van der Waals surface area contributed by atoms with Gasteiger partial charge in [0, 0.05) is 26.2 Å². The minimum atomic E-state index is 0.0848. The number of hydrogen-bond donors (Lipinski definition) is 0. The van der Waals surface area contributed by atoms with E-state index in [2.05, 4.69) is 61.2 Å². The number of likely N-dealkylation sites (N-methyl/N-ethyl adjacent to an activating group) is 1. The van der Waals surface area contributed by atoms with Gasteiger partial charge in [0.1, 0.15) is 5.75 Å². The van der Waals surface area contributed by atoms with Gasteiger partial charge in [0.15, 0.2) is 5.82 Å². The van der Waals surface area contributed by atoms with E-state index in [0.717, 1.165) is 44.3 Å². The van der Waals surface area contributed by atoms with Gasteiger partial charge in [-0.1, -0.05) is 38.3 Å². The summed E-state index contributed by atoms with van der Waals surface area (Å²) in [6.07, 6.45) is 6.23. The summed E-state index contributed by atoms with van der Waals surface area (Å²) in [6, 6.07) is 9.02. The highest BCUT2D eigenvalue weighted by Gasteiger charge is 2.32. The maximum atomic E-state index is 5.66. The number of hydrogen-bond acceptors (Lipinski definition) is 6. The predicted octanol–water partition coefficient (Wildman–Crippen LogP) is 3.30. The first-order chi connectivity index (χ1) is 14.3. The van der Waals surface area contributed by atoms with Gasteiger partial charge in [-0.15, -0.1) is 5.10 Å². The van der Waals surface area contributed by atoms with E-state index in [1.165, 1.54) is 37.7 Å². The van der Waals surface area contributed by atoms with E-state index in [-0.39, 0.29) is 6.04 Å². The summed E-state index contributed by atoms with van der Waals surface area (Å²) in [4.78, 5) is 5.06. The lowest BCUT2D eigenvalue weighted by Gasteiger charge is -2.39. The first kappa shape index (κ1) is 20.3. The van der Waals surface area contributed by atoms with Crippen LogP contribution in [0, 0.1) is 0 Å². The molecule has 1 atom stereocenters. The zero-order valence-electron chi connectivity index (χ0n) is 17.8. The molecule has 0 radical (unpaired) electrons. The second-order valence-electron chi connectivity index (χ2n) is 8.15. The van der Waals surface area contributed by atoms with Crippen molar-refractivity contribution in [1.82, 2.24) is 30.0 Å². The number of benzene rings is 1. The molecule has 1 saturated carbocycles. The van der Waals surface area contributed by atoms with Crippen molar-refractivity contribution >= 4 is 0 Å². The second kappa shape index (κ2) is 9.67. The monoisotopic (exact) mass is 398 g/mol. The summed E-state index contributed by atoms with van der Waals surface area (Å²) < 4.78 is 7.79. The number of tetrazole rings is 1. The first-order valence-corrected chi connectivity index (χ1v) is 11.3. The smallest absolute Gasteiger partial charge is 0.173 e. The van der Waals surface area contributed by atoms with Crippen LogP contribution in [-0.4, -0.2) is 69.3 Å². The quantitative estimate of drug-likeness (QED) is 0.713. The standard InChI is InChI=1S/C22H34N6O/c1-3-26-14-16-27(17-15-26)21(18-10-12-20(13-11-18)29-4-2)22-23-24-25-28(22)19-8-6-5-7-9-19/h10-13,19,21H,3-9,14-17H2,1-2H3/t21-/m0/s1. The topological polar surface area (TPSA) is 59.3 Å². The molecule has 7 heteroatoms. The van der Waals surface area contributed by atoms with Gasteiger partial charge in [-0.3, -0.25) is 4.90 Å². The van der Waals surface area contributed by atoms with Crippen molar-refractivity contribution in [3.05, 3.63) is 35.7 Å². The fourth-order valence-electron chi connectivity index (χ4n) is 4.74. The fourth-order valence-corrected chi connectivity index (χ4v) is 4.74. The van der Waals surface area contributed by atoms with Crippen LogP contribution >= 0.6 is 0 Å². The van der Waals surface area contributed by atoms with Crippen LogP contribution in [0.2, 0.25) is 0 Å². The van der Waals surface area contributed by atoms with E-state index < -0.39 is 0 Å².